The molecule has 6 nitrogen and oxygen atoms in total. The van der Waals surface area contributed by atoms with Crippen LogP contribution in [0.2, 0.25) is 0 Å². The minimum atomic E-state index is -0.403. The number of rotatable bonds is 5. The van der Waals surface area contributed by atoms with E-state index in [-0.39, 0.29) is 11.7 Å². The first-order chi connectivity index (χ1) is 12.1. The van der Waals surface area contributed by atoms with E-state index >= 15 is 0 Å². The number of ether oxygens (including phenoxy) is 1. The number of fused-ring (bicyclic) bond motifs is 1. The van der Waals surface area contributed by atoms with E-state index in [9.17, 15) is 9.59 Å². The Bertz CT molecular complexity index is 919. The van der Waals surface area contributed by atoms with Crippen LogP contribution < -0.4 is 9.88 Å². The number of amides is 1. The maximum absolute atomic E-state index is 12.1. The van der Waals surface area contributed by atoms with Crippen molar-refractivity contribution in [2.75, 3.05) is 18.2 Å². The third kappa shape index (κ3) is 3.83. The molecule has 1 aromatic heterocycles. The van der Waals surface area contributed by atoms with Crippen LogP contribution in [0, 0.1) is 0 Å². The van der Waals surface area contributed by atoms with Crippen molar-refractivity contribution >= 4 is 40.4 Å². The van der Waals surface area contributed by atoms with Gasteiger partial charge >= 0.3 is 11.1 Å². The van der Waals surface area contributed by atoms with Gasteiger partial charge in [0.2, 0.25) is 5.91 Å². The fourth-order valence-corrected chi connectivity index (χ4v) is 3.27. The second-order valence-corrected chi connectivity index (χ2v) is 6.38. The number of para-hydroxylation sites is 2. The molecule has 3 aromatic rings. The molecule has 0 unspecified atom stereocenters. The highest BCUT2D eigenvalue weighted by molar-refractivity contribution is 7.99. The van der Waals surface area contributed by atoms with E-state index in [1.165, 1.54) is 18.9 Å². The Balaban J connectivity index is 1.60. The number of H-pyrrole nitrogens is 1. The van der Waals surface area contributed by atoms with Crippen LogP contribution in [0.1, 0.15) is 10.4 Å². The minimum absolute atomic E-state index is 0.116. The van der Waals surface area contributed by atoms with Crippen LogP contribution in [-0.4, -0.2) is 29.7 Å². The van der Waals surface area contributed by atoms with Crippen LogP contribution in [-0.2, 0) is 16.6 Å². The van der Waals surface area contributed by atoms with Gasteiger partial charge in [0.15, 0.2) is 11.0 Å². The van der Waals surface area contributed by atoms with Crippen LogP contribution in [0.3, 0.4) is 0 Å². The summed E-state index contributed by atoms with van der Waals surface area (Å²) in [6.07, 6.45) is 0. The number of aryl methyl sites for hydroxylation is 1. The molecule has 0 saturated carbocycles. The summed E-state index contributed by atoms with van der Waals surface area (Å²) < 4.78 is 6.67. The fraction of sp³-hybridized carbons (Fsp3) is 0.167. The molecule has 25 heavy (non-hydrogen) atoms. The van der Waals surface area contributed by atoms with Gasteiger partial charge in [-0.1, -0.05) is 12.1 Å². The van der Waals surface area contributed by atoms with Crippen molar-refractivity contribution < 1.29 is 18.9 Å². The normalized spacial score (nSPS) is 10.6. The predicted octanol–water partition coefficient (Wildman–Crippen LogP) is 2.51. The molecular formula is C18H18N3O3S+. The Morgan fingerprint density at radius 2 is 1.88 bits per heavy atom. The van der Waals surface area contributed by atoms with Crippen molar-refractivity contribution in [1.82, 2.24) is 4.98 Å². The molecule has 0 aliphatic carbocycles. The van der Waals surface area contributed by atoms with E-state index in [0.717, 1.165) is 16.2 Å². The number of benzene rings is 2. The number of esters is 1. The highest BCUT2D eigenvalue weighted by Gasteiger charge is 2.16. The van der Waals surface area contributed by atoms with E-state index in [1.54, 1.807) is 24.3 Å². The number of carbonyl (C=O) groups excluding carboxylic acids is 2. The predicted molar refractivity (Wildman–Crippen MR) is 96.6 cm³/mol. The number of aromatic nitrogens is 2. The molecule has 0 aliphatic rings. The third-order valence-electron chi connectivity index (χ3n) is 3.74. The molecule has 0 spiro atoms. The van der Waals surface area contributed by atoms with Crippen molar-refractivity contribution in [2.24, 2.45) is 7.05 Å². The average Bonchev–Trinajstić information content (AvgIpc) is 2.96. The lowest BCUT2D eigenvalue weighted by molar-refractivity contribution is -0.683. The molecule has 1 amide bonds. The molecule has 128 valence electrons. The van der Waals surface area contributed by atoms with Crippen LogP contribution >= 0.6 is 11.8 Å². The summed E-state index contributed by atoms with van der Waals surface area (Å²) in [5.41, 5.74) is 3.20. The Kier molecular flexibility index (Phi) is 5.04. The highest BCUT2D eigenvalue weighted by Crippen LogP contribution is 2.18. The van der Waals surface area contributed by atoms with Crippen LogP contribution in [0.25, 0.3) is 11.0 Å². The Hall–Kier alpha value is -2.80. The van der Waals surface area contributed by atoms with E-state index in [2.05, 4.69) is 15.0 Å². The zero-order chi connectivity index (χ0) is 17.8. The summed E-state index contributed by atoms with van der Waals surface area (Å²) in [5, 5.41) is 3.73. The van der Waals surface area contributed by atoms with Crippen molar-refractivity contribution in [3.8, 4) is 0 Å². The van der Waals surface area contributed by atoms with Gasteiger partial charge in [-0.3, -0.25) is 4.79 Å². The second kappa shape index (κ2) is 7.40. The second-order valence-electron chi connectivity index (χ2n) is 5.41. The summed E-state index contributed by atoms with van der Waals surface area (Å²) in [7, 11) is 3.30. The largest absolute Gasteiger partial charge is 0.465 e. The third-order valence-corrected chi connectivity index (χ3v) is 4.80. The molecule has 0 bridgehead atoms. The Labute approximate surface area is 149 Å². The fourth-order valence-electron chi connectivity index (χ4n) is 2.45. The van der Waals surface area contributed by atoms with E-state index in [1.807, 2.05) is 35.9 Å². The molecule has 0 fully saturated rings. The summed E-state index contributed by atoms with van der Waals surface area (Å²) >= 11 is 1.43. The molecule has 0 atom stereocenters. The number of hydrogen-bond acceptors (Lipinski definition) is 4. The van der Waals surface area contributed by atoms with Gasteiger partial charge in [-0.25, -0.2) is 14.3 Å². The molecule has 2 aromatic carbocycles. The topological polar surface area (TPSA) is 75.1 Å². The number of aromatic amines is 1. The van der Waals surface area contributed by atoms with Gasteiger partial charge in [-0.15, -0.1) is 0 Å². The lowest BCUT2D eigenvalue weighted by atomic mass is 10.2. The SMILES string of the molecule is COC(=O)c1ccc(NC(=O)CSc2[nH]c3ccccc3[n+]2C)cc1. The van der Waals surface area contributed by atoms with Crippen molar-refractivity contribution in [1.29, 1.82) is 0 Å². The quantitative estimate of drug-likeness (QED) is 0.418. The van der Waals surface area contributed by atoms with E-state index in [0.29, 0.717) is 11.3 Å². The maximum atomic E-state index is 12.1. The zero-order valence-corrected chi connectivity index (χ0v) is 14.7. The molecule has 0 saturated heterocycles. The number of nitrogens with zero attached hydrogens (tertiary/aromatic N) is 1. The monoisotopic (exact) mass is 356 g/mol. The minimum Gasteiger partial charge on any atom is -0.465 e. The average molecular weight is 356 g/mol. The standard InChI is InChI=1S/C18H17N3O3S/c1-21-15-6-4-3-5-14(15)20-18(21)25-11-16(22)19-13-9-7-12(8-10-13)17(23)24-2/h3-10H,11H2,1-2H3,(H,19,22,23)/p+1. The summed E-state index contributed by atoms with van der Waals surface area (Å²) in [6, 6.07) is 14.6. The summed E-state index contributed by atoms with van der Waals surface area (Å²) in [6.45, 7) is 0. The number of methoxy groups -OCH3 is 1. The number of thioether (sulfide) groups is 1. The number of carbonyl (C=O) groups is 2. The van der Waals surface area contributed by atoms with Crippen molar-refractivity contribution in [2.45, 2.75) is 5.16 Å². The van der Waals surface area contributed by atoms with Crippen molar-refractivity contribution in [3.63, 3.8) is 0 Å². The number of anilines is 1. The highest BCUT2D eigenvalue weighted by atomic mass is 32.2. The van der Waals surface area contributed by atoms with E-state index < -0.39 is 5.97 Å². The molecule has 3 rings (SSSR count). The smallest absolute Gasteiger partial charge is 0.337 e. The van der Waals surface area contributed by atoms with Gasteiger partial charge in [-0.05, 0) is 48.2 Å². The van der Waals surface area contributed by atoms with Gasteiger partial charge in [0, 0.05) is 5.69 Å². The van der Waals surface area contributed by atoms with Gasteiger partial charge in [-0.2, -0.15) is 0 Å². The first-order valence-electron chi connectivity index (χ1n) is 7.66. The van der Waals surface area contributed by atoms with Gasteiger partial charge in [0.1, 0.15) is 0 Å². The Morgan fingerprint density at radius 3 is 2.56 bits per heavy atom. The molecular weight excluding hydrogens is 338 g/mol. The van der Waals surface area contributed by atoms with Crippen LogP contribution in [0.5, 0.6) is 0 Å². The first kappa shape index (κ1) is 17.0. The molecule has 0 radical (unpaired) electrons. The lowest BCUT2D eigenvalue weighted by Crippen LogP contribution is -2.29. The molecule has 0 aliphatic heterocycles. The van der Waals surface area contributed by atoms with Crippen LogP contribution in [0.4, 0.5) is 5.69 Å². The van der Waals surface area contributed by atoms with Crippen LogP contribution in [0.15, 0.2) is 53.7 Å². The van der Waals surface area contributed by atoms with Gasteiger partial charge < -0.3 is 10.1 Å². The number of hydrogen-bond donors (Lipinski definition) is 2. The lowest BCUT2D eigenvalue weighted by Gasteiger charge is -2.05. The number of nitrogens with one attached hydrogen (secondary N) is 2. The zero-order valence-electron chi connectivity index (χ0n) is 13.9. The first-order valence-corrected chi connectivity index (χ1v) is 8.65. The molecule has 7 heteroatoms. The number of imidazole rings is 1. The molecule has 2 N–H and O–H groups in total. The van der Waals surface area contributed by atoms with Gasteiger partial charge in [0.25, 0.3) is 0 Å². The summed E-state index contributed by atoms with van der Waals surface area (Å²) in [4.78, 5) is 26.8. The maximum Gasteiger partial charge on any atom is 0.337 e. The van der Waals surface area contributed by atoms with Crippen molar-refractivity contribution in [3.05, 3.63) is 54.1 Å². The molecule has 1 heterocycles. The Morgan fingerprint density at radius 1 is 1.16 bits per heavy atom. The van der Waals surface area contributed by atoms with E-state index in [4.69, 9.17) is 0 Å². The van der Waals surface area contributed by atoms with Gasteiger partial charge in [0.05, 0.1) is 25.5 Å². The summed E-state index contributed by atoms with van der Waals surface area (Å²) in [5.74, 6) is -0.242.